The summed E-state index contributed by atoms with van der Waals surface area (Å²) in [6.45, 7) is 1.78. The van der Waals surface area contributed by atoms with Crippen molar-refractivity contribution in [3.05, 3.63) is 65.8 Å². The average molecular weight is 368 g/mol. The summed E-state index contributed by atoms with van der Waals surface area (Å²) in [4.78, 5) is 14.5. The molecule has 1 aliphatic rings. The van der Waals surface area contributed by atoms with E-state index in [-0.39, 0.29) is 11.8 Å². The van der Waals surface area contributed by atoms with E-state index in [0.29, 0.717) is 25.2 Å². The molecule has 27 heavy (non-hydrogen) atoms. The maximum Gasteiger partial charge on any atom is 0.253 e. The SMILES string of the molecule is Cn1c(Cn2cccn2)nnc1[C@H]1CCCN(C(=O)c2cccc(F)c2)C1. The van der Waals surface area contributed by atoms with E-state index in [1.165, 1.54) is 12.1 Å². The van der Waals surface area contributed by atoms with Crippen LogP contribution in [0.4, 0.5) is 4.39 Å². The summed E-state index contributed by atoms with van der Waals surface area (Å²) in [6, 6.07) is 7.72. The number of carbonyl (C=O) groups is 1. The predicted octanol–water partition coefficient (Wildman–Crippen LogP) is 2.22. The summed E-state index contributed by atoms with van der Waals surface area (Å²) >= 11 is 0. The van der Waals surface area contributed by atoms with Crippen molar-refractivity contribution in [3.63, 3.8) is 0 Å². The Hall–Kier alpha value is -3.03. The standard InChI is InChI=1S/C19H21FN6O/c1-24-17(13-26-10-4-8-21-26)22-23-18(24)15-6-3-9-25(12-15)19(27)14-5-2-7-16(20)11-14/h2,4-5,7-8,10-11,15H,3,6,9,12-13H2,1H3/t15-/m0/s1. The van der Waals surface area contributed by atoms with Gasteiger partial charge in [0, 0.05) is 44.0 Å². The quantitative estimate of drug-likeness (QED) is 0.708. The summed E-state index contributed by atoms with van der Waals surface area (Å²) in [6.07, 6.45) is 5.44. The van der Waals surface area contributed by atoms with E-state index in [0.717, 1.165) is 24.5 Å². The van der Waals surface area contributed by atoms with Gasteiger partial charge in [0.15, 0.2) is 5.82 Å². The van der Waals surface area contributed by atoms with Crippen LogP contribution in [-0.2, 0) is 13.6 Å². The van der Waals surface area contributed by atoms with Crippen LogP contribution >= 0.6 is 0 Å². The number of benzene rings is 1. The number of rotatable bonds is 4. The summed E-state index contributed by atoms with van der Waals surface area (Å²) in [7, 11) is 1.95. The Balaban J connectivity index is 1.50. The second-order valence-electron chi connectivity index (χ2n) is 6.84. The van der Waals surface area contributed by atoms with Crippen molar-refractivity contribution in [3.8, 4) is 0 Å². The third kappa shape index (κ3) is 3.60. The highest BCUT2D eigenvalue weighted by molar-refractivity contribution is 5.94. The number of halogens is 1. The van der Waals surface area contributed by atoms with Gasteiger partial charge in [-0.15, -0.1) is 10.2 Å². The van der Waals surface area contributed by atoms with E-state index in [9.17, 15) is 9.18 Å². The number of amides is 1. The van der Waals surface area contributed by atoms with E-state index in [2.05, 4.69) is 15.3 Å². The number of nitrogens with zero attached hydrogens (tertiary/aromatic N) is 6. The zero-order chi connectivity index (χ0) is 18.8. The Labute approximate surface area is 156 Å². The number of carbonyl (C=O) groups excluding carboxylic acids is 1. The zero-order valence-electron chi connectivity index (χ0n) is 15.1. The van der Waals surface area contributed by atoms with Crippen molar-refractivity contribution in [2.75, 3.05) is 13.1 Å². The van der Waals surface area contributed by atoms with Crippen molar-refractivity contribution >= 4 is 5.91 Å². The molecule has 7 nitrogen and oxygen atoms in total. The summed E-state index contributed by atoms with van der Waals surface area (Å²) in [5.41, 5.74) is 0.382. The molecule has 0 aliphatic carbocycles. The van der Waals surface area contributed by atoms with Crippen molar-refractivity contribution in [1.82, 2.24) is 29.4 Å². The third-order valence-electron chi connectivity index (χ3n) is 5.01. The lowest BCUT2D eigenvalue weighted by molar-refractivity contribution is 0.0703. The topological polar surface area (TPSA) is 68.8 Å². The normalized spacial score (nSPS) is 17.3. The molecule has 1 amide bonds. The first-order valence-electron chi connectivity index (χ1n) is 9.02. The highest BCUT2D eigenvalue weighted by Crippen LogP contribution is 2.27. The highest BCUT2D eigenvalue weighted by Gasteiger charge is 2.29. The van der Waals surface area contributed by atoms with Gasteiger partial charge in [-0.25, -0.2) is 4.39 Å². The molecular weight excluding hydrogens is 347 g/mol. The minimum atomic E-state index is -0.397. The minimum Gasteiger partial charge on any atom is -0.338 e. The molecule has 1 fully saturated rings. The maximum atomic E-state index is 13.4. The van der Waals surface area contributed by atoms with Gasteiger partial charge in [0.25, 0.3) is 5.91 Å². The largest absolute Gasteiger partial charge is 0.338 e. The molecule has 0 radical (unpaired) electrons. The first kappa shape index (κ1) is 17.4. The molecule has 3 aromatic rings. The molecule has 0 spiro atoms. The maximum absolute atomic E-state index is 13.4. The van der Waals surface area contributed by atoms with Gasteiger partial charge in [0.05, 0.1) is 0 Å². The van der Waals surface area contributed by atoms with Crippen molar-refractivity contribution in [2.45, 2.75) is 25.3 Å². The van der Waals surface area contributed by atoms with Crippen molar-refractivity contribution < 1.29 is 9.18 Å². The Kier molecular flexibility index (Phi) is 4.70. The second-order valence-corrected chi connectivity index (χ2v) is 6.84. The Bertz CT molecular complexity index is 936. The number of piperidine rings is 1. The van der Waals surface area contributed by atoms with Gasteiger partial charge in [-0.3, -0.25) is 9.48 Å². The zero-order valence-corrected chi connectivity index (χ0v) is 15.1. The van der Waals surface area contributed by atoms with Crippen LogP contribution in [-0.4, -0.2) is 48.4 Å². The van der Waals surface area contributed by atoms with E-state index in [1.807, 2.05) is 23.9 Å². The molecule has 4 rings (SSSR count). The van der Waals surface area contributed by atoms with Gasteiger partial charge in [-0.1, -0.05) is 6.07 Å². The first-order chi connectivity index (χ1) is 13.1. The third-order valence-corrected chi connectivity index (χ3v) is 5.01. The second kappa shape index (κ2) is 7.30. The molecule has 0 saturated carbocycles. The first-order valence-corrected chi connectivity index (χ1v) is 9.02. The fourth-order valence-electron chi connectivity index (χ4n) is 3.58. The van der Waals surface area contributed by atoms with Crippen LogP contribution in [0.15, 0.2) is 42.7 Å². The van der Waals surface area contributed by atoms with Gasteiger partial charge in [-0.05, 0) is 37.1 Å². The van der Waals surface area contributed by atoms with Crippen LogP contribution in [0.25, 0.3) is 0 Å². The van der Waals surface area contributed by atoms with Crippen LogP contribution in [0.3, 0.4) is 0 Å². The monoisotopic (exact) mass is 368 g/mol. The van der Waals surface area contributed by atoms with E-state index in [1.54, 1.807) is 27.9 Å². The minimum absolute atomic E-state index is 0.111. The number of hydrogen-bond donors (Lipinski definition) is 0. The van der Waals surface area contributed by atoms with E-state index < -0.39 is 5.82 Å². The molecule has 1 atom stereocenters. The fraction of sp³-hybridized carbons (Fsp3) is 0.368. The molecule has 0 N–H and O–H groups in total. The lowest BCUT2D eigenvalue weighted by Gasteiger charge is -2.32. The van der Waals surface area contributed by atoms with Gasteiger partial charge in [0.1, 0.15) is 18.2 Å². The summed E-state index contributed by atoms with van der Waals surface area (Å²) in [5, 5.41) is 12.9. The molecule has 0 bridgehead atoms. The summed E-state index contributed by atoms with van der Waals surface area (Å²) in [5.74, 6) is 1.26. The van der Waals surface area contributed by atoms with Crippen LogP contribution < -0.4 is 0 Å². The molecule has 8 heteroatoms. The Morgan fingerprint density at radius 3 is 2.96 bits per heavy atom. The Morgan fingerprint density at radius 1 is 1.30 bits per heavy atom. The van der Waals surface area contributed by atoms with Gasteiger partial charge in [0.2, 0.25) is 0 Å². The van der Waals surface area contributed by atoms with Crippen LogP contribution in [0.2, 0.25) is 0 Å². The van der Waals surface area contributed by atoms with E-state index >= 15 is 0 Å². The fourth-order valence-corrected chi connectivity index (χ4v) is 3.58. The molecule has 2 aromatic heterocycles. The predicted molar refractivity (Wildman–Crippen MR) is 96.6 cm³/mol. The number of aromatic nitrogens is 5. The Morgan fingerprint density at radius 2 is 2.19 bits per heavy atom. The highest BCUT2D eigenvalue weighted by atomic mass is 19.1. The van der Waals surface area contributed by atoms with Crippen molar-refractivity contribution in [2.24, 2.45) is 7.05 Å². The van der Waals surface area contributed by atoms with Crippen LogP contribution in [0.5, 0.6) is 0 Å². The van der Waals surface area contributed by atoms with E-state index in [4.69, 9.17) is 0 Å². The average Bonchev–Trinajstić information content (AvgIpc) is 3.32. The van der Waals surface area contributed by atoms with Crippen LogP contribution in [0.1, 0.15) is 40.8 Å². The number of likely N-dealkylation sites (tertiary alicyclic amines) is 1. The van der Waals surface area contributed by atoms with Crippen LogP contribution in [0, 0.1) is 5.82 Å². The molecule has 1 aliphatic heterocycles. The number of hydrogen-bond acceptors (Lipinski definition) is 4. The lowest BCUT2D eigenvalue weighted by atomic mass is 9.96. The molecule has 3 heterocycles. The summed E-state index contributed by atoms with van der Waals surface area (Å²) < 4.78 is 17.2. The molecule has 1 aromatic carbocycles. The van der Waals surface area contributed by atoms with Gasteiger partial charge < -0.3 is 9.47 Å². The molecule has 140 valence electrons. The van der Waals surface area contributed by atoms with Gasteiger partial charge >= 0.3 is 0 Å². The van der Waals surface area contributed by atoms with Gasteiger partial charge in [-0.2, -0.15) is 5.10 Å². The molecule has 1 saturated heterocycles. The van der Waals surface area contributed by atoms with Crippen molar-refractivity contribution in [1.29, 1.82) is 0 Å². The molecular formula is C19H21FN6O. The smallest absolute Gasteiger partial charge is 0.253 e. The molecule has 0 unspecified atom stereocenters. The lowest BCUT2D eigenvalue weighted by Crippen LogP contribution is -2.39.